The molecule has 1 aromatic rings. The van der Waals surface area contributed by atoms with E-state index in [1.54, 1.807) is 6.92 Å². The molecule has 0 radical (unpaired) electrons. The first-order chi connectivity index (χ1) is 7.54. The lowest BCUT2D eigenvalue weighted by Gasteiger charge is -1.96. The molecule has 0 aromatic carbocycles. The van der Waals surface area contributed by atoms with Gasteiger partial charge in [0.1, 0.15) is 4.88 Å². The predicted molar refractivity (Wildman–Crippen MR) is 61.2 cm³/mol. The van der Waals surface area contributed by atoms with E-state index in [2.05, 4.69) is 9.72 Å². The molecule has 0 saturated carbocycles. The molecule has 1 heterocycles. The molecule has 0 aliphatic rings. The molecule has 0 aliphatic carbocycles. The number of carboxylic acid groups (broad SMARTS) is 1. The van der Waals surface area contributed by atoms with E-state index in [1.165, 1.54) is 18.9 Å². The van der Waals surface area contributed by atoms with E-state index in [4.69, 9.17) is 5.11 Å². The average molecular weight is 261 g/mol. The van der Waals surface area contributed by atoms with E-state index in [9.17, 15) is 9.59 Å². The lowest BCUT2D eigenvalue weighted by Crippen LogP contribution is -2.00. The number of thioether (sulfide) groups is 1. The number of hydrogen-bond acceptors (Lipinski definition) is 6. The minimum atomic E-state index is -0.963. The van der Waals surface area contributed by atoms with Crippen LogP contribution in [0.15, 0.2) is 4.34 Å². The summed E-state index contributed by atoms with van der Waals surface area (Å²) in [5.74, 6) is -0.701. The highest BCUT2D eigenvalue weighted by molar-refractivity contribution is 8.01. The number of esters is 1. The molecule has 7 heteroatoms. The number of ether oxygens (including phenoxy) is 1. The van der Waals surface area contributed by atoms with Crippen molar-refractivity contribution in [2.75, 3.05) is 12.9 Å². The summed E-state index contributed by atoms with van der Waals surface area (Å²) in [6, 6.07) is 0. The summed E-state index contributed by atoms with van der Waals surface area (Å²) in [4.78, 5) is 25.9. The summed E-state index contributed by atoms with van der Waals surface area (Å²) in [5.41, 5.74) is 0.512. The zero-order valence-electron chi connectivity index (χ0n) is 8.85. The van der Waals surface area contributed by atoms with Gasteiger partial charge in [0.05, 0.1) is 19.2 Å². The van der Waals surface area contributed by atoms with Crippen LogP contribution in [0.1, 0.15) is 21.8 Å². The van der Waals surface area contributed by atoms with E-state index in [0.717, 1.165) is 11.3 Å². The Bertz CT molecular complexity index is 402. The summed E-state index contributed by atoms with van der Waals surface area (Å²) < 4.78 is 5.16. The molecule has 88 valence electrons. The molecule has 0 bridgehead atoms. The maximum Gasteiger partial charge on any atom is 0.347 e. The number of aryl methyl sites for hydroxylation is 1. The average Bonchev–Trinajstić information content (AvgIpc) is 2.59. The van der Waals surface area contributed by atoms with Gasteiger partial charge in [-0.15, -0.1) is 11.3 Å². The third kappa shape index (κ3) is 3.49. The molecule has 0 atom stereocenters. The van der Waals surface area contributed by atoms with Gasteiger partial charge in [0, 0.05) is 5.75 Å². The van der Waals surface area contributed by atoms with Crippen LogP contribution in [0, 0.1) is 6.92 Å². The number of methoxy groups -OCH3 is 1. The van der Waals surface area contributed by atoms with Gasteiger partial charge in [-0.1, -0.05) is 11.8 Å². The van der Waals surface area contributed by atoms with E-state index in [-0.39, 0.29) is 10.8 Å². The fraction of sp³-hybridized carbons (Fsp3) is 0.444. The Hall–Kier alpha value is -1.08. The monoisotopic (exact) mass is 261 g/mol. The van der Waals surface area contributed by atoms with Gasteiger partial charge < -0.3 is 9.84 Å². The molecular formula is C9H11NO4S2. The summed E-state index contributed by atoms with van der Waals surface area (Å²) in [5, 5.41) is 8.82. The van der Waals surface area contributed by atoms with Gasteiger partial charge in [0.2, 0.25) is 0 Å². The van der Waals surface area contributed by atoms with Gasteiger partial charge in [-0.05, 0) is 6.92 Å². The normalized spacial score (nSPS) is 10.1. The fourth-order valence-corrected chi connectivity index (χ4v) is 2.97. The van der Waals surface area contributed by atoms with Crippen molar-refractivity contribution in [3.05, 3.63) is 10.6 Å². The molecule has 0 spiro atoms. The van der Waals surface area contributed by atoms with E-state index < -0.39 is 5.97 Å². The number of nitrogens with zero attached hydrogens (tertiary/aromatic N) is 1. The van der Waals surface area contributed by atoms with Gasteiger partial charge in [0.15, 0.2) is 4.34 Å². The van der Waals surface area contributed by atoms with Crippen molar-refractivity contribution in [3.63, 3.8) is 0 Å². The van der Waals surface area contributed by atoms with Gasteiger partial charge in [0.25, 0.3) is 0 Å². The molecule has 0 amide bonds. The predicted octanol–water partition coefficient (Wildman–Crippen LogP) is 1.80. The summed E-state index contributed by atoms with van der Waals surface area (Å²) in [7, 11) is 1.34. The maximum absolute atomic E-state index is 10.8. The highest BCUT2D eigenvalue weighted by atomic mass is 32.2. The van der Waals surface area contributed by atoms with Crippen LogP contribution in [0.2, 0.25) is 0 Å². The van der Waals surface area contributed by atoms with Crippen LogP contribution < -0.4 is 0 Å². The SMILES string of the molecule is COC(=O)CCSc1nc(C)c(C(=O)O)s1. The van der Waals surface area contributed by atoms with Crippen molar-refractivity contribution in [1.29, 1.82) is 0 Å². The Morgan fingerprint density at radius 1 is 1.56 bits per heavy atom. The maximum atomic E-state index is 10.8. The first kappa shape index (κ1) is 13.0. The van der Waals surface area contributed by atoms with Gasteiger partial charge in [-0.3, -0.25) is 4.79 Å². The number of carbonyl (C=O) groups excluding carboxylic acids is 1. The van der Waals surface area contributed by atoms with Crippen molar-refractivity contribution in [1.82, 2.24) is 4.98 Å². The van der Waals surface area contributed by atoms with Crippen LogP contribution in [-0.4, -0.2) is 34.9 Å². The summed E-state index contributed by atoms with van der Waals surface area (Å²) >= 11 is 2.49. The van der Waals surface area contributed by atoms with Crippen molar-refractivity contribution in [3.8, 4) is 0 Å². The second kappa shape index (κ2) is 5.86. The second-order valence-electron chi connectivity index (χ2n) is 2.87. The molecule has 1 N–H and O–H groups in total. The molecule has 0 aliphatic heterocycles. The zero-order valence-corrected chi connectivity index (χ0v) is 10.5. The molecule has 1 aromatic heterocycles. The first-order valence-corrected chi connectivity index (χ1v) is 6.25. The number of carboxylic acids is 1. The highest BCUT2D eigenvalue weighted by Gasteiger charge is 2.14. The Labute approximate surface area is 101 Å². The van der Waals surface area contributed by atoms with Gasteiger partial charge in [-0.2, -0.15) is 0 Å². The molecule has 1 rings (SSSR count). The minimum absolute atomic E-state index is 0.251. The van der Waals surface area contributed by atoms with Gasteiger partial charge in [-0.25, -0.2) is 9.78 Å². The van der Waals surface area contributed by atoms with Crippen LogP contribution in [0.3, 0.4) is 0 Å². The number of aromatic nitrogens is 1. The number of hydrogen-bond donors (Lipinski definition) is 1. The third-order valence-corrected chi connectivity index (χ3v) is 4.02. The Morgan fingerprint density at radius 3 is 2.75 bits per heavy atom. The quantitative estimate of drug-likeness (QED) is 0.643. The molecule has 0 unspecified atom stereocenters. The van der Waals surface area contributed by atoms with Crippen LogP contribution in [0.25, 0.3) is 0 Å². The lowest BCUT2D eigenvalue weighted by atomic mass is 10.4. The number of rotatable bonds is 5. The standard InChI is InChI=1S/C9H11NO4S2/c1-5-7(8(12)13)16-9(10-5)15-4-3-6(11)14-2/h3-4H2,1-2H3,(H,12,13). The molecule has 16 heavy (non-hydrogen) atoms. The van der Waals surface area contributed by atoms with E-state index in [0.29, 0.717) is 22.2 Å². The van der Waals surface area contributed by atoms with Crippen molar-refractivity contribution < 1.29 is 19.4 Å². The Balaban J connectivity index is 2.52. The third-order valence-electron chi connectivity index (χ3n) is 1.73. The van der Waals surface area contributed by atoms with Crippen LogP contribution in [0.5, 0.6) is 0 Å². The van der Waals surface area contributed by atoms with Crippen LogP contribution in [-0.2, 0) is 9.53 Å². The second-order valence-corrected chi connectivity index (χ2v) is 5.22. The van der Waals surface area contributed by atoms with E-state index >= 15 is 0 Å². The molecular weight excluding hydrogens is 250 g/mol. The van der Waals surface area contributed by atoms with E-state index in [1.807, 2.05) is 0 Å². The van der Waals surface area contributed by atoms with Crippen molar-refractivity contribution in [2.45, 2.75) is 17.7 Å². The van der Waals surface area contributed by atoms with Crippen LogP contribution >= 0.6 is 23.1 Å². The molecule has 0 fully saturated rings. The summed E-state index contributed by atoms with van der Waals surface area (Å²) in [6.45, 7) is 1.66. The van der Waals surface area contributed by atoms with Crippen molar-refractivity contribution >= 4 is 35.0 Å². The lowest BCUT2D eigenvalue weighted by molar-refractivity contribution is -0.140. The highest BCUT2D eigenvalue weighted by Crippen LogP contribution is 2.27. The largest absolute Gasteiger partial charge is 0.477 e. The van der Waals surface area contributed by atoms with Crippen molar-refractivity contribution in [2.24, 2.45) is 0 Å². The molecule has 5 nitrogen and oxygen atoms in total. The fourth-order valence-electron chi connectivity index (χ4n) is 0.956. The number of carbonyl (C=O) groups is 2. The Morgan fingerprint density at radius 2 is 2.25 bits per heavy atom. The Kier molecular flexibility index (Phi) is 4.75. The molecule has 0 saturated heterocycles. The summed E-state index contributed by atoms with van der Waals surface area (Å²) in [6.07, 6.45) is 0.294. The minimum Gasteiger partial charge on any atom is -0.477 e. The first-order valence-electron chi connectivity index (χ1n) is 4.45. The topological polar surface area (TPSA) is 76.5 Å². The number of aromatic carboxylic acids is 1. The smallest absolute Gasteiger partial charge is 0.347 e. The number of thiazole rings is 1. The zero-order chi connectivity index (χ0) is 12.1. The van der Waals surface area contributed by atoms with Gasteiger partial charge >= 0.3 is 11.9 Å². The van der Waals surface area contributed by atoms with Crippen LogP contribution in [0.4, 0.5) is 0 Å².